The van der Waals surface area contributed by atoms with Crippen molar-refractivity contribution in [1.82, 2.24) is 25.1 Å². The molecule has 0 spiro atoms. The Hall–Kier alpha value is -1.62. The van der Waals surface area contributed by atoms with Crippen molar-refractivity contribution in [2.75, 3.05) is 0 Å². The molecule has 0 aromatic carbocycles. The molecule has 1 saturated carbocycles. The largest absolute Gasteiger partial charge is 0.330 e. The molecule has 1 aliphatic carbocycles. The standard InChI is InChI=1S/C11H15N5/c1-2-10(1)16-8-13-7-11(16)6-12-3-9-4-14-15-5-9/h4-5,7-8,10,12H,1-3,6H2,(H,14,15). The Labute approximate surface area is 93.9 Å². The summed E-state index contributed by atoms with van der Waals surface area (Å²) in [5.41, 5.74) is 2.45. The minimum Gasteiger partial charge on any atom is -0.330 e. The molecular weight excluding hydrogens is 202 g/mol. The molecule has 0 atom stereocenters. The normalized spacial score (nSPS) is 15.5. The molecule has 0 saturated heterocycles. The molecule has 0 unspecified atom stereocenters. The number of nitrogens with zero attached hydrogens (tertiary/aromatic N) is 3. The van der Waals surface area contributed by atoms with Crippen LogP contribution < -0.4 is 5.32 Å². The highest BCUT2D eigenvalue weighted by Crippen LogP contribution is 2.35. The van der Waals surface area contributed by atoms with Gasteiger partial charge in [0.1, 0.15) is 0 Å². The topological polar surface area (TPSA) is 58.5 Å². The number of H-pyrrole nitrogens is 1. The van der Waals surface area contributed by atoms with Gasteiger partial charge < -0.3 is 9.88 Å². The van der Waals surface area contributed by atoms with Crippen molar-refractivity contribution in [3.05, 3.63) is 36.2 Å². The zero-order valence-electron chi connectivity index (χ0n) is 9.06. The van der Waals surface area contributed by atoms with E-state index in [1.807, 2.05) is 24.9 Å². The van der Waals surface area contributed by atoms with Crippen molar-refractivity contribution < 1.29 is 0 Å². The molecule has 3 rings (SSSR count). The highest BCUT2D eigenvalue weighted by Gasteiger charge is 2.24. The van der Waals surface area contributed by atoms with Crippen LogP contribution in [0.25, 0.3) is 0 Å². The van der Waals surface area contributed by atoms with Gasteiger partial charge in [0.05, 0.1) is 18.2 Å². The zero-order chi connectivity index (χ0) is 10.8. The van der Waals surface area contributed by atoms with E-state index in [9.17, 15) is 0 Å². The second-order valence-electron chi connectivity index (χ2n) is 4.23. The third-order valence-corrected chi connectivity index (χ3v) is 2.88. The maximum absolute atomic E-state index is 4.20. The maximum atomic E-state index is 4.20. The lowest BCUT2D eigenvalue weighted by Crippen LogP contribution is -2.15. The van der Waals surface area contributed by atoms with Gasteiger partial charge in [0.25, 0.3) is 0 Å². The van der Waals surface area contributed by atoms with Crippen LogP contribution >= 0.6 is 0 Å². The van der Waals surface area contributed by atoms with Crippen LogP contribution in [-0.4, -0.2) is 19.7 Å². The molecule has 5 heteroatoms. The first-order chi connectivity index (χ1) is 7.93. The van der Waals surface area contributed by atoms with Gasteiger partial charge in [-0.15, -0.1) is 0 Å². The summed E-state index contributed by atoms with van der Waals surface area (Å²) in [6.07, 6.45) is 10.2. The lowest BCUT2D eigenvalue weighted by molar-refractivity contribution is 0.621. The van der Waals surface area contributed by atoms with E-state index in [4.69, 9.17) is 0 Å². The smallest absolute Gasteiger partial charge is 0.0951 e. The molecule has 0 aliphatic heterocycles. The summed E-state index contributed by atoms with van der Waals surface area (Å²) < 4.78 is 2.28. The average molecular weight is 217 g/mol. The second-order valence-corrected chi connectivity index (χ2v) is 4.23. The summed E-state index contributed by atoms with van der Waals surface area (Å²) in [5, 5.41) is 10.1. The monoisotopic (exact) mass is 217 g/mol. The van der Waals surface area contributed by atoms with E-state index in [0.29, 0.717) is 6.04 Å². The van der Waals surface area contributed by atoms with Crippen molar-refractivity contribution in [2.24, 2.45) is 0 Å². The summed E-state index contributed by atoms with van der Waals surface area (Å²) in [6, 6.07) is 0.702. The summed E-state index contributed by atoms with van der Waals surface area (Å²) in [6.45, 7) is 1.70. The summed E-state index contributed by atoms with van der Waals surface area (Å²) >= 11 is 0. The predicted octanol–water partition coefficient (Wildman–Crippen LogP) is 1.23. The van der Waals surface area contributed by atoms with Crippen LogP contribution in [0.4, 0.5) is 0 Å². The quantitative estimate of drug-likeness (QED) is 0.792. The molecule has 84 valence electrons. The predicted molar refractivity (Wildman–Crippen MR) is 59.6 cm³/mol. The summed E-state index contributed by atoms with van der Waals surface area (Å²) in [5.74, 6) is 0. The highest BCUT2D eigenvalue weighted by atomic mass is 15.1. The molecule has 16 heavy (non-hydrogen) atoms. The summed E-state index contributed by atoms with van der Waals surface area (Å²) in [4.78, 5) is 4.20. The van der Waals surface area contributed by atoms with Gasteiger partial charge in [0.15, 0.2) is 0 Å². The van der Waals surface area contributed by atoms with Gasteiger partial charge in [-0.3, -0.25) is 5.10 Å². The van der Waals surface area contributed by atoms with Gasteiger partial charge in [-0.25, -0.2) is 4.98 Å². The number of rotatable bonds is 5. The number of hydrogen-bond donors (Lipinski definition) is 2. The molecule has 0 radical (unpaired) electrons. The molecule has 2 N–H and O–H groups in total. The van der Waals surface area contributed by atoms with Crippen LogP contribution in [0, 0.1) is 0 Å². The van der Waals surface area contributed by atoms with Crippen LogP contribution in [0.2, 0.25) is 0 Å². The molecule has 0 amide bonds. The minimum atomic E-state index is 0.702. The van der Waals surface area contributed by atoms with E-state index in [1.165, 1.54) is 24.1 Å². The Morgan fingerprint density at radius 1 is 1.38 bits per heavy atom. The van der Waals surface area contributed by atoms with Gasteiger partial charge in [0, 0.05) is 37.1 Å². The van der Waals surface area contributed by atoms with Crippen molar-refractivity contribution in [2.45, 2.75) is 32.0 Å². The van der Waals surface area contributed by atoms with Gasteiger partial charge in [-0.2, -0.15) is 5.10 Å². The molecule has 1 aliphatic rings. The Morgan fingerprint density at radius 2 is 2.31 bits per heavy atom. The Balaban J connectivity index is 1.56. The lowest BCUT2D eigenvalue weighted by Gasteiger charge is -2.06. The van der Waals surface area contributed by atoms with E-state index in [-0.39, 0.29) is 0 Å². The average Bonchev–Trinajstić information content (AvgIpc) is 2.82. The van der Waals surface area contributed by atoms with Crippen LogP contribution in [0.1, 0.15) is 30.1 Å². The number of imidazole rings is 1. The van der Waals surface area contributed by atoms with Crippen molar-refractivity contribution >= 4 is 0 Å². The Morgan fingerprint density at radius 3 is 3.06 bits per heavy atom. The third kappa shape index (κ3) is 1.99. The van der Waals surface area contributed by atoms with Crippen LogP contribution in [0.3, 0.4) is 0 Å². The molecule has 2 heterocycles. The van der Waals surface area contributed by atoms with E-state index in [1.54, 1.807) is 0 Å². The van der Waals surface area contributed by atoms with E-state index >= 15 is 0 Å². The van der Waals surface area contributed by atoms with Crippen molar-refractivity contribution in [1.29, 1.82) is 0 Å². The van der Waals surface area contributed by atoms with Crippen LogP contribution in [0.15, 0.2) is 24.9 Å². The first-order valence-corrected chi connectivity index (χ1v) is 5.62. The van der Waals surface area contributed by atoms with Gasteiger partial charge >= 0.3 is 0 Å². The fraction of sp³-hybridized carbons (Fsp3) is 0.455. The van der Waals surface area contributed by atoms with Crippen molar-refractivity contribution in [3.8, 4) is 0 Å². The second kappa shape index (κ2) is 4.09. The SMILES string of the molecule is c1n[nH]cc1CNCc1cncn1C1CC1. The Kier molecular flexibility index (Phi) is 2.46. The molecule has 2 aromatic heterocycles. The zero-order valence-corrected chi connectivity index (χ0v) is 9.06. The molecule has 1 fully saturated rings. The molecule has 5 nitrogen and oxygen atoms in total. The van der Waals surface area contributed by atoms with E-state index in [0.717, 1.165) is 13.1 Å². The van der Waals surface area contributed by atoms with Gasteiger partial charge in [-0.05, 0) is 12.8 Å². The molecular formula is C11H15N5. The van der Waals surface area contributed by atoms with Crippen LogP contribution in [0.5, 0.6) is 0 Å². The van der Waals surface area contributed by atoms with Gasteiger partial charge in [0.2, 0.25) is 0 Å². The maximum Gasteiger partial charge on any atom is 0.0951 e. The fourth-order valence-corrected chi connectivity index (χ4v) is 1.86. The number of aromatic amines is 1. The minimum absolute atomic E-state index is 0.702. The fourth-order valence-electron chi connectivity index (χ4n) is 1.86. The van der Waals surface area contributed by atoms with E-state index in [2.05, 4.69) is 25.1 Å². The highest BCUT2D eigenvalue weighted by molar-refractivity contribution is 5.05. The molecule has 0 bridgehead atoms. The molecule has 2 aromatic rings. The first-order valence-electron chi connectivity index (χ1n) is 5.62. The van der Waals surface area contributed by atoms with Crippen molar-refractivity contribution in [3.63, 3.8) is 0 Å². The van der Waals surface area contributed by atoms with E-state index < -0.39 is 0 Å². The Bertz CT molecular complexity index is 441. The summed E-state index contributed by atoms with van der Waals surface area (Å²) in [7, 11) is 0. The number of hydrogen-bond acceptors (Lipinski definition) is 3. The van der Waals surface area contributed by atoms with Crippen LogP contribution in [-0.2, 0) is 13.1 Å². The first kappa shape index (κ1) is 9.59. The van der Waals surface area contributed by atoms with Gasteiger partial charge in [-0.1, -0.05) is 0 Å². The number of nitrogens with one attached hydrogen (secondary N) is 2. The number of aromatic nitrogens is 4. The lowest BCUT2D eigenvalue weighted by atomic mass is 10.3. The third-order valence-electron chi connectivity index (χ3n) is 2.88.